The number of fused-ring (bicyclic) bond motifs is 1. The van der Waals surface area contributed by atoms with E-state index in [-0.39, 0.29) is 11.2 Å². The number of rotatable bonds is 0. The van der Waals surface area contributed by atoms with E-state index in [1.165, 1.54) is 51.4 Å². The molecule has 0 aromatic rings. The van der Waals surface area contributed by atoms with Crippen molar-refractivity contribution >= 4 is 0 Å². The van der Waals surface area contributed by atoms with Crippen LogP contribution in [0.5, 0.6) is 0 Å². The molecule has 6 saturated carbocycles. The van der Waals surface area contributed by atoms with Crippen molar-refractivity contribution in [2.45, 2.75) is 84.8 Å². The van der Waals surface area contributed by atoms with Crippen molar-refractivity contribution in [2.24, 2.45) is 38.9 Å². The summed E-state index contributed by atoms with van der Waals surface area (Å²) in [5.74, 6) is 1.67. The number of ether oxygens (including phenoxy) is 2. The topological polar surface area (TPSA) is 18.5 Å². The second-order valence-corrected chi connectivity index (χ2v) is 11.6. The third kappa shape index (κ3) is 1.21. The highest BCUT2D eigenvalue weighted by molar-refractivity contribution is 5.40. The quantitative estimate of drug-likeness (QED) is 0.610. The lowest BCUT2D eigenvalue weighted by Crippen LogP contribution is -2.60. The van der Waals surface area contributed by atoms with Crippen LogP contribution in [0.4, 0.5) is 0 Å². The summed E-state index contributed by atoms with van der Waals surface area (Å²) in [4.78, 5) is 0. The Kier molecular flexibility index (Phi) is 2.37. The summed E-state index contributed by atoms with van der Waals surface area (Å²) in [6, 6.07) is 0. The van der Waals surface area contributed by atoms with Crippen LogP contribution >= 0.6 is 0 Å². The van der Waals surface area contributed by atoms with Gasteiger partial charge in [0.1, 0.15) is 0 Å². The average Bonchev–Trinajstić information content (AvgIpc) is 2.84. The average molecular weight is 331 g/mol. The molecule has 2 nitrogen and oxygen atoms in total. The largest absolute Gasteiger partial charge is 0.347 e. The van der Waals surface area contributed by atoms with E-state index in [1.807, 2.05) is 0 Å². The first-order valence-corrected chi connectivity index (χ1v) is 10.5. The van der Waals surface area contributed by atoms with Gasteiger partial charge in [-0.05, 0) is 72.0 Å². The molecule has 1 saturated heterocycles. The van der Waals surface area contributed by atoms with Gasteiger partial charge in [-0.2, -0.15) is 0 Å². The fraction of sp³-hybridized carbons (Fsp3) is 1.00. The maximum Gasteiger partial charge on any atom is 0.174 e. The van der Waals surface area contributed by atoms with Gasteiger partial charge < -0.3 is 9.47 Å². The third-order valence-corrected chi connectivity index (χ3v) is 10.7. The first-order chi connectivity index (χ1) is 11.3. The van der Waals surface area contributed by atoms with E-state index in [0.29, 0.717) is 21.7 Å². The van der Waals surface area contributed by atoms with Crippen LogP contribution in [-0.2, 0) is 9.47 Å². The molecule has 7 aliphatic rings. The zero-order valence-corrected chi connectivity index (χ0v) is 16.0. The second-order valence-electron chi connectivity index (χ2n) is 11.6. The van der Waals surface area contributed by atoms with Gasteiger partial charge in [0.25, 0.3) is 0 Å². The standard InChI is InChI=1S/C22H34O2/c1-17(2)7-5-8-19(4)15(17)6-9-20-14-22(23-10-11-24-22)18(3)12-16(20)21(19,20)13-18/h15-16H,5-14H2,1-4H3/t15-,16-,18-,19-,20+,21-/m0/s1. The predicted octanol–water partition coefficient (Wildman–Crippen LogP) is 5.16. The van der Waals surface area contributed by atoms with Crippen LogP contribution in [0.1, 0.15) is 79.1 Å². The van der Waals surface area contributed by atoms with Gasteiger partial charge in [-0.3, -0.25) is 0 Å². The highest BCUT2D eigenvalue weighted by Crippen LogP contribution is 2.97. The molecule has 0 aromatic carbocycles. The molecule has 1 aliphatic heterocycles. The summed E-state index contributed by atoms with van der Waals surface area (Å²) >= 11 is 0. The van der Waals surface area contributed by atoms with Gasteiger partial charge in [-0.1, -0.05) is 34.1 Å². The molecule has 3 spiro atoms. The summed E-state index contributed by atoms with van der Waals surface area (Å²) in [6.45, 7) is 12.0. The second kappa shape index (κ2) is 3.79. The lowest BCUT2D eigenvalue weighted by Gasteiger charge is -2.64. The van der Waals surface area contributed by atoms with E-state index in [1.54, 1.807) is 0 Å². The minimum Gasteiger partial charge on any atom is -0.347 e. The van der Waals surface area contributed by atoms with Crippen LogP contribution in [-0.4, -0.2) is 19.0 Å². The Bertz CT molecular complexity index is 619. The summed E-state index contributed by atoms with van der Waals surface area (Å²) in [5.41, 5.74) is 2.55. The van der Waals surface area contributed by atoms with E-state index in [9.17, 15) is 0 Å². The van der Waals surface area contributed by atoms with Crippen molar-refractivity contribution in [3.63, 3.8) is 0 Å². The minimum absolute atomic E-state index is 0.225. The van der Waals surface area contributed by atoms with Crippen molar-refractivity contribution in [1.29, 1.82) is 0 Å². The van der Waals surface area contributed by atoms with Gasteiger partial charge in [-0.15, -0.1) is 0 Å². The maximum atomic E-state index is 6.36. The Morgan fingerprint density at radius 1 is 0.833 bits per heavy atom. The van der Waals surface area contributed by atoms with Crippen molar-refractivity contribution in [1.82, 2.24) is 0 Å². The molecule has 7 fully saturated rings. The molecule has 24 heavy (non-hydrogen) atoms. The molecule has 0 aromatic heterocycles. The SMILES string of the molecule is CC1(C)CCC[C@@]2(C)[C@H]1CC[C@@]13CC4(OCCO4)[C@@]4(C)C[C@@H]1[C@]32C4. The van der Waals surface area contributed by atoms with Crippen molar-refractivity contribution in [3.05, 3.63) is 0 Å². The first-order valence-electron chi connectivity index (χ1n) is 10.5. The van der Waals surface area contributed by atoms with E-state index in [0.717, 1.165) is 25.0 Å². The monoisotopic (exact) mass is 330 g/mol. The Labute approximate surface area is 147 Å². The van der Waals surface area contributed by atoms with Gasteiger partial charge in [-0.25, -0.2) is 0 Å². The molecule has 2 heteroatoms. The Balaban J connectivity index is 1.48. The molecule has 1 heterocycles. The molecule has 0 N–H and O–H groups in total. The lowest BCUT2D eigenvalue weighted by atomic mass is 9.42. The predicted molar refractivity (Wildman–Crippen MR) is 93.4 cm³/mol. The molecule has 7 rings (SSSR count). The van der Waals surface area contributed by atoms with Crippen molar-refractivity contribution in [3.8, 4) is 0 Å². The van der Waals surface area contributed by atoms with E-state index in [4.69, 9.17) is 9.47 Å². The molecule has 0 amide bonds. The maximum absolute atomic E-state index is 6.36. The highest BCUT2D eigenvalue weighted by Gasteiger charge is 2.93. The van der Waals surface area contributed by atoms with E-state index < -0.39 is 0 Å². The van der Waals surface area contributed by atoms with Gasteiger partial charge in [0.15, 0.2) is 5.79 Å². The summed E-state index contributed by atoms with van der Waals surface area (Å²) < 4.78 is 12.7. The van der Waals surface area contributed by atoms with Crippen molar-refractivity contribution < 1.29 is 9.47 Å². The molecule has 0 unspecified atom stereocenters. The van der Waals surface area contributed by atoms with Gasteiger partial charge in [0, 0.05) is 11.8 Å². The van der Waals surface area contributed by atoms with Crippen LogP contribution in [0.2, 0.25) is 0 Å². The first kappa shape index (κ1) is 15.0. The lowest BCUT2D eigenvalue weighted by molar-refractivity contribution is -0.289. The van der Waals surface area contributed by atoms with Crippen LogP contribution in [0.3, 0.4) is 0 Å². The molecule has 6 aliphatic carbocycles. The molecule has 0 radical (unpaired) electrons. The fourth-order valence-corrected chi connectivity index (χ4v) is 10.1. The summed E-state index contributed by atoms with van der Waals surface area (Å²) in [6.07, 6.45) is 11.2. The van der Waals surface area contributed by atoms with Gasteiger partial charge >= 0.3 is 0 Å². The van der Waals surface area contributed by atoms with Gasteiger partial charge in [0.05, 0.1) is 13.2 Å². The molecule has 6 atom stereocenters. The Morgan fingerprint density at radius 2 is 1.58 bits per heavy atom. The third-order valence-electron chi connectivity index (χ3n) is 10.7. The highest BCUT2D eigenvalue weighted by atomic mass is 16.7. The fourth-order valence-electron chi connectivity index (χ4n) is 10.1. The molecule has 134 valence electrons. The molecular formula is C22H34O2. The van der Waals surface area contributed by atoms with Crippen LogP contribution in [0.15, 0.2) is 0 Å². The number of hydrogen-bond acceptors (Lipinski definition) is 2. The number of hydrogen-bond donors (Lipinski definition) is 0. The zero-order chi connectivity index (χ0) is 16.6. The van der Waals surface area contributed by atoms with Gasteiger partial charge in [0.2, 0.25) is 0 Å². The zero-order valence-electron chi connectivity index (χ0n) is 16.0. The Morgan fingerprint density at radius 3 is 2.33 bits per heavy atom. The minimum atomic E-state index is -0.225. The van der Waals surface area contributed by atoms with Crippen LogP contribution in [0.25, 0.3) is 0 Å². The summed E-state index contributed by atoms with van der Waals surface area (Å²) in [7, 11) is 0. The van der Waals surface area contributed by atoms with E-state index >= 15 is 0 Å². The normalized spacial score (nSPS) is 61.5. The Hall–Kier alpha value is -0.0800. The smallest absolute Gasteiger partial charge is 0.174 e. The van der Waals surface area contributed by atoms with E-state index in [2.05, 4.69) is 27.7 Å². The molecular weight excluding hydrogens is 296 g/mol. The molecule has 4 bridgehead atoms. The van der Waals surface area contributed by atoms with Crippen LogP contribution < -0.4 is 0 Å². The van der Waals surface area contributed by atoms with Crippen molar-refractivity contribution in [2.75, 3.05) is 13.2 Å². The van der Waals surface area contributed by atoms with Crippen LogP contribution in [0, 0.1) is 38.9 Å². The summed E-state index contributed by atoms with van der Waals surface area (Å²) in [5, 5.41) is 0.